The van der Waals surface area contributed by atoms with E-state index in [9.17, 15) is 9.90 Å². The van der Waals surface area contributed by atoms with Gasteiger partial charge in [0, 0.05) is 23.6 Å². The monoisotopic (exact) mass is 338 g/mol. The summed E-state index contributed by atoms with van der Waals surface area (Å²) >= 11 is 3.56. The molecule has 1 aromatic carbocycles. The average Bonchev–Trinajstić information content (AvgIpc) is 2.93. The number of hydrogen-bond donors (Lipinski definition) is 1. The van der Waals surface area contributed by atoms with Crippen molar-refractivity contribution >= 4 is 21.7 Å². The van der Waals surface area contributed by atoms with Gasteiger partial charge >= 0.3 is 0 Å². The molecule has 0 bridgehead atoms. The Morgan fingerprint density at radius 2 is 1.90 bits per heavy atom. The van der Waals surface area contributed by atoms with E-state index in [2.05, 4.69) is 15.9 Å². The summed E-state index contributed by atoms with van der Waals surface area (Å²) in [5.74, 6) is 0.949. The summed E-state index contributed by atoms with van der Waals surface area (Å²) in [6.45, 7) is 1.08. The van der Waals surface area contributed by atoms with Gasteiger partial charge in [0.1, 0.15) is 5.78 Å². The van der Waals surface area contributed by atoms with E-state index >= 15 is 0 Å². The first-order valence-corrected chi connectivity index (χ1v) is 8.04. The Balaban J connectivity index is 1.58. The highest BCUT2D eigenvalue weighted by molar-refractivity contribution is 9.09. The number of Topliss-reactive ketones (excluding diaryl/α,β-unsaturated/α-hetero) is 1. The number of alkyl halides is 1. The molecule has 1 N–H and O–H groups in total. The van der Waals surface area contributed by atoms with Crippen molar-refractivity contribution in [1.29, 1.82) is 0 Å². The SMILES string of the molecule is O=C1C[C@@H]2C(Br)C(O)C(COCc3ccccc3)[C@@H]2C1. The number of ketones is 1. The molecule has 0 spiro atoms. The number of benzene rings is 1. The summed E-state index contributed by atoms with van der Waals surface area (Å²) < 4.78 is 5.77. The lowest BCUT2D eigenvalue weighted by Crippen LogP contribution is -2.28. The normalized spacial score (nSPS) is 36.3. The van der Waals surface area contributed by atoms with E-state index in [0.717, 1.165) is 5.56 Å². The van der Waals surface area contributed by atoms with Gasteiger partial charge in [-0.2, -0.15) is 0 Å². The molecule has 5 atom stereocenters. The average molecular weight is 339 g/mol. The van der Waals surface area contributed by atoms with Gasteiger partial charge in [0.15, 0.2) is 0 Å². The minimum Gasteiger partial charge on any atom is -0.392 e. The Labute approximate surface area is 127 Å². The molecule has 0 saturated heterocycles. The third-order valence-corrected chi connectivity index (χ3v) is 5.84. The van der Waals surface area contributed by atoms with E-state index in [4.69, 9.17) is 4.74 Å². The number of hydrogen-bond acceptors (Lipinski definition) is 3. The van der Waals surface area contributed by atoms with Crippen LogP contribution in [0.15, 0.2) is 30.3 Å². The van der Waals surface area contributed by atoms with Crippen LogP contribution in [0.5, 0.6) is 0 Å². The first-order chi connectivity index (χ1) is 9.66. The van der Waals surface area contributed by atoms with Crippen LogP contribution in [0.1, 0.15) is 18.4 Å². The van der Waals surface area contributed by atoms with Crippen LogP contribution in [0.2, 0.25) is 0 Å². The summed E-state index contributed by atoms with van der Waals surface area (Å²) in [4.78, 5) is 11.6. The molecule has 2 saturated carbocycles. The molecule has 0 radical (unpaired) electrons. The number of rotatable bonds is 4. The van der Waals surface area contributed by atoms with E-state index in [-0.39, 0.29) is 22.6 Å². The molecule has 3 unspecified atom stereocenters. The van der Waals surface area contributed by atoms with Gasteiger partial charge in [-0.25, -0.2) is 0 Å². The van der Waals surface area contributed by atoms with Crippen LogP contribution in [0.4, 0.5) is 0 Å². The second-order valence-electron chi connectivity index (χ2n) is 5.87. The Morgan fingerprint density at radius 3 is 2.65 bits per heavy atom. The van der Waals surface area contributed by atoms with Crippen LogP contribution in [0.3, 0.4) is 0 Å². The van der Waals surface area contributed by atoms with E-state index in [1.807, 2.05) is 30.3 Å². The van der Waals surface area contributed by atoms with Gasteiger partial charge in [-0.15, -0.1) is 0 Å². The van der Waals surface area contributed by atoms with E-state index < -0.39 is 6.10 Å². The van der Waals surface area contributed by atoms with Gasteiger partial charge in [-0.1, -0.05) is 46.3 Å². The maximum atomic E-state index is 11.6. The molecule has 2 fully saturated rings. The zero-order chi connectivity index (χ0) is 14.1. The zero-order valence-corrected chi connectivity index (χ0v) is 12.8. The number of carbonyl (C=O) groups excluding carboxylic acids is 1. The van der Waals surface area contributed by atoms with Crippen molar-refractivity contribution in [3.8, 4) is 0 Å². The molecule has 2 aliphatic rings. The molecule has 108 valence electrons. The smallest absolute Gasteiger partial charge is 0.133 e. The number of fused-ring (bicyclic) bond motifs is 1. The van der Waals surface area contributed by atoms with Crippen molar-refractivity contribution in [1.82, 2.24) is 0 Å². The Bertz CT molecular complexity index is 476. The van der Waals surface area contributed by atoms with Crippen LogP contribution in [-0.4, -0.2) is 28.4 Å². The fraction of sp³-hybridized carbons (Fsp3) is 0.562. The number of aliphatic hydroxyl groups is 1. The number of aliphatic hydroxyl groups excluding tert-OH is 1. The summed E-state index contributed by atoms with van der Waals surface area (Å²) in [5.41, 5.74) is 1.13. The number of ether oxygens (including phenoxy) is 1. The third-order valence-electron chi connectivity index (χ3n) is 4.62. The van der Waals surface area contributed by atoms with Gasteiger partial charge < -0.3 is 9.84 Å². The Kier molecular flexibility index (Phi) is 4.24. The van der Waals surface area contributed by atoms with Crippen LogP contribution < -0.4 is 0 Å². The predicted molar refractivity (Wildman–Crippen MR) is 79.5 cm³/mol. The van der Waals surface area contributed by atoms with Gasteiger partial charge in [-0.3, -0.25) is 4.79 Å². The predicted octanol–water partition coefficient (Wildman–Crippen LogP) is 2.55. The molecule has 0 aromatic heterocycles. The van der Waals surface area contributed by atoms with Gasteiger partial charge in [0.25, 0.3) is 0 Å². The standard InChI is InChI=1S/C16H19BrO3/c17-15-13-7-11(18)6-12(13)14(16(15)19)9-20-8-10-4-2-1-3-5-10/h1-5,12-16,19H,6-9H2/t12-,13+,14?,15?,16?/m1/s1. The lowest BCUT2D eigenvalue weighted by atomic mass is 9.92. The van der Waals surface area contributed by atoms with E-state index in [1.165, 1.54) is 0 Å². The Hall–Kier alpha value is -0.710. The fourth-order valence-corrected chi connectivity index (χ4v) is 4.55. The maximum Gasteiger partial charge on any atom is 0.133 e. The molecule has 3 rings (SSSR count). The topological polar surface area (TPSA) is 46.5 Å². The van der Waals surface area contributed by atoms with Crippen molar-refractivity contribution in [3.05, 3.63) is 35.9 Å². The second kappa shape index (κ2) is 5.96. The van der Waals surface area contributed by atoms with E-state index in [1.54, 1.807) is 0 Å². The second-order valence-corrected chi connectivity index (χ2v) is 6.93. The molecule has 2 aliphatic carbocycles. The minimum absolute atomic E-state index is 0.0317. The Morgan fingerprint density at radius 1 is 1.20 bits per heavy atom. The summed E-state index contributed by atoms with van der Waals surface area (Å²) in [6.07, 6.45) is 0.796. The molecule has 3 nitrogen and oxygen atoms in total. The summed E-state index contributed by atoms with van der Waals surface area (Å²) in [6, 6.07) is 10.0. The van der Waals surface area contributed by atoms with Crippen molar-refractivity contribution in [2.75, 3.05) is 6.61 Å². The van der Waals surface area contributed by atoms with Crippen molar-refractivity contribution in [3.63, 3.8) is 0 Å². The molecule has 4 heteroatoms. The highest BCUT2D eigenvalue weighted by atomic mass is 79.9. The summed E-state index contributed by atoms with van der Waals surface area (Å²) in [5, 5.41) is 10.3. The highest BCUT2D eigenvalue weighted by Gasteiger charge is 2.52. The van der Waals surface area contributed by atoms with Gasteiger partial charge in [0.05, 0.1) is 19.3 Å². The number of halogens is 1. The maximum absolute atomic E-state index is 11.6. The molecule has 0 aliphatic heterocycles. The quantitative estimate of drug-likeness (QED) is 0.858. The number of carbonyl (C=O) groups is 1. The first-order valence-electron chi connectivity index (χ1n) is 7.12. The molecule has 0 amide bonds. The van der Waals surface area contributed by atoms with Crippen molar-refractivity contribution in [2.45, 2.75) is 30.4 Å². The molecule has 0 heterocycles. The molecular formula is C16H19BrO3. The lowest BCUT2D eigenvalue weighted by molar-refractivity contribution is -0.118. The fourth-order valence-electron chi connectivity index (χ4n) is 3.58. The molecular weight excluding hydrogens is 320 g/mol. The van der Waals surface area contributed by atoms with Crippen LogP contribution in [-0.2, 0) is 16.1 Å². The van der Waals surface area contributed by atoms with E-state index in [0.29, 0.717) is 31.8 Å². The zero-order valence-electron chi connectivity index (χ0n) is 11.2. The lowest BCUT2D eigenvalue weighted by Gasteiger charge is -2.20. The molecule has 20 heavy (non-hydrogen) atoms. The first kappa shape index (κ1) is 14.2. The minimum atomic E-state index is -0.408. The highest BCUT2D eigenvalue weighted by Crippen LogP contribution is 2.49. The van der Waals surface area contributed by atoms with Crippen molar-refractivity contribution in [2.24, 2.45) is 17.8 Å². The summed E-state index contributed by atoms with van der Waals surface area (Å²) in [7, 11) is 0. The third kappa shape index (κ3) is 2.69. The van der Waals surface area contributed by atoms with Gasteiger partial charge in [0.2, 0.25) is 0 Å². The van der Waals surface area contributed by atoms with Gasteiger partial charge in [-0.05, 0) is 17.4 Å². The largest absolute Gasteiger partial charge is 0.392 e. The molecule has 1 aromatic rings. The van der Waals surface area contributed by atoms with Crippen LogP contribution in [0, 0.1) is 17.8 Å². The van der Waals surface area contributed by atoms with Crippen molar-refractivity contribution < 1.29 is 14.6 Å². The van der Waals surface area contributed by atoms with Crippen LogP contribution in [0.25, 0.3) is 0 Å². The van der Waals surface area contributed by atoms with Crippen LogP contribution >= 0.6 is 15.9 Å².